The number of benzene rings is 1. The Morgan fingerprint density at radius 1 is 1.48 bits per heavy atom. The summed E-state index contributed by atoms with van der Waals surface area (Å²) in [4.78, 5) is 25.6. The molecule has 1 heterocycles. The van der Waals surface area contributed by atoms with E-state index in [9.17, 15) is 9.59 Å². The van der Waals surface area contributed by atoms with Gasteiger partial charge in [-0.15, -0.1) is 11.8 Å². The Morgan fingerprint density at radius 2 is 2.19 bits per heavy atom. The maximum atomic E-state index is 12.1. The summed E-state index contributed by atoms with van der Waals surface area (Å²) in [6.07, 6.45) is 0. The van der Waals surface area contributed by atoms with E-state index in [0.29, 0.717) is 5.75 Å². The van der Waals surface area contributed by atoms with Crippen molar-refractivity contribution in [2.24, 2.45) is 0 Å². The molecule has 1 aliphatic heterocycles. The number of carbonyl (C=O) groups is 2. The molecule has 1 atom stereocenters. The molecule has 1 N–H and O–H groups in total. The zero-order valence-electron chi connectivity index (χ0n) is 12.5. The molecule has 0 aromatic heterocycles. The molecule has 6 heteroatoms. The lowest BCUT2D eigenvalue weighted by Gasteiger charge is -2.25. The van der Waals surface area contributed by atoms with Gasteiger partial charge in [-0.3, -0.25) is 9.59 Å². The number of thioether (sulfide) groups is 1. The van der Waals surface area contributed by atoms with E-state index in [-0.39, 0.29) is 29.8 Å². The standard InChI is InChI=1S/C15H20N2O3S/c1-10(2)16-13(18)8-17-14(19)9-21-15(17)11-6-4-5-7-12(11)20-3/h4-7,10,15H,8-9H2,1-3H3,(H,16,18)/t15-/m0/s1. The number of carbonyl (C=O) groups excluding carboxylic acids is 2. The number of para-hydroxylation sites is 1. The molecule has 0 unspecified atom stereocenters. The molecule has 0 radical (unpaired) electrons. The first-order valence-electron chi connectivity index (χ1n) is 6.86. The molecule has 0 bridgehead atoms. The summed E-state index contributed by atoms with van der Waals surface area (Å²) >= 11 is 1.52. The second-order valence-electron chi connectivity index (χ2n) is 5.15. The van der Waals surface area contributed by atoms with Crippen LogP contribution in [0.15, 0.2) is 24.3 Å². The molecule has 5 nitrogen and oxygen atoms in total. The third kappa shape index (κ3) is 3.69. The van der Waals surface area contributed by atoms with Gasteiger partial charge in [0.1, 0.15) is 17.7 Å². The highest BCUT2D eigenvalue weighted by Crippen LogP contribution is 2.41. The van der Waals surface area contributed by atoms with Crippen molar-refractivity contribution in [1.82, 2.24) is 10.2 Å². The van der Waals surface area contributed by atoms with Crippen LogP contribution in [-0.2, 0) is 9.59 Å². The number of nitrogens with one attached hydrogen (secondary N) is 1. The summed E-state index contributed by atoms with van der Waals surface area (Å²) in [5, 5.41) is 2.64. The summed E-state index contributed by atoms with van der Waals surface area (Å²) in [6, 6.07) is 7.66. The third-order valence-electron chi connectivity index (χ3n) is 3.14. The van der Waals surface area contributed by atoms with Gasteiger partial charge in [0.25, 0.3) is 0 Å². The van der Waals surface area contributed by atoms with Crippen LogP contribution in [0.1, 0.15) is 24.8 Å². The molecule has 1 aromatic rings. The first kappa shape index (κ1) is 15.7. The molecule has 114 valence electrons. The largest absolute Gasteiger partial charge is 0.496 e. The average Bonchev–Trinajstić information content (AvgIpc) is 2.79. The van der Waals surface area contributed by atoms with Crippen LogP contribution in [0, 0.1) is 0 Å². The van der Waals surface area contributed by atoms with Gasteiger partial charge < -0.3 is 15.0 Å². The van der Waals surface area contributed by atoms with Gasteiger partial charge in [0, 0.05) is 11.6 Å². The molecule has 2 amide bonds. The predicted octanol–water partition coefficient (Wildman–Crippen LogP) is 1.79. The van der Waals surface area contributed by atoms with Crippen LogP contribution < -0.4 is 10.1 Å². The van der Waals surface area contributed by atoms with Crippen LogP contribution in [0.25, 0.3) is 0 Å². The van der Waals surface area contributed by atoms with Crippen molar-refractivity contribution in [2.75, 3.05) is 19.4 Å². The van der Waals surface area contributed by atoms with Crippen molar-refractivity contribution in [3.8, 4) is 5.75 Å². The molecular weight excluding hydrogens is 288 g/mol. The number of ether oxygens (including phenoxy) is 1. The Bertz CT molecular complexity index is 533. The highest BCUT2D eigenvalue weighted by molar-refractivity contribution is 8.00. The molecule has 0 saturated carbocycles. The number of nitrogens with zero attached hydrogens (tertiary/aromatic N) is 1. The van der Waals surface area contributed by atoms with Crippen LogP contribution >= 0.6 is 11.8 Å². The quantitative estimate of drug-likeness (QED) is 0.901. The summed E-state index contributed by atoms with van der Waals surface area (Å²) < 4.78 is 5.36. The zero-order chi connectivity index (χ0) is 15.4. The number of hydrogen-bond acceptors (Lipinski definition) is 4. The Kier molecular flexibility index (Phi) is 5.12. The smallest absolute Gasteiger partial charge is 0.239 e. The van der Waals surface area contributed by atoms with Crippen LogP contribution in [0.2, 0.25) is 0 Å². The van der Waals surface area contributed by atoms with Crippen LogP contribution in [0.5, 0.6) is 5.75 Å². The molecule has 0 aliphatic carbocycles. The van der Waals surface area contributed by atoms with E-state index in [4.69, 9.17) is 4.74 Å². The number of hydrogen-bond donors (Lipinski definition) is 1. The Hall–Kier alpha value is -1.69. The highest BCUT2D eigenvalue weighted by atomic mass is 32.2. The van der Waals surface area contributed by atoms with Gasteiger partial charge in [-0.2, -0.15) is 0 Å². The van der Waals surface area contributed by atoms with E-state index in [1.165, 1.54) is 11.8 Å². The normalized spacial score (nSPS) is 18.2. The molecule has 0 spiro atoms. The second kappa shape index (κ2) is 6.85. The lowest BCUT2D eigenvalue weighted by Crippen LogP contribution is -2.41. The fourth-order valence-electron chi connectivity index (χ4n) is 2.28. The maximum Gasteiger partial charge on any atom is 0.239 e. The molecule has 2 rings (SSSR count). The van der Waals surface area contributed by atoms with Gasteiger partial charge in [-0.25, -0.2) is 0 Å². The van der Waals surface area contributed by atoms with Gasteiger partial charge in [0.05, 0.1) is 12.9 Å². The number of rotatable bonds is 5. The topological polar surface area (TPSA) is 58.6 Å². The minimum Gasteiger partial charge on any atom is -0.496 e. The first-order chi connectivity index (χ1) is 10.0. The van der Waals surface area contributed by atoms with E-state index >= 15 is 0 Å². The SMILES string of the molecule is COc1ccccc1[C@@H]1SCC(=O)N1CC(=O)NC(C)C. The van der Waals surface area contributed by atoms with Gasteiger partial charge in [0.2, 0.25) is 11.8 Å². The number of amides is 2. The van der Waals surface area contributed by atoms with Crippen molar-refractivity contribution in [2.45, 2.75) is 25.3 Å². The van der Waals surface area contributed by atoms with E-state index in [0.717, 1.165) is 11.3 Å². The average molecular weight is 308 g/mol. The zero-order valence-corrected chi connectivity index (χ0v) is 13.3. The second-order valence-corrected chi connectivity index (χ2v) is 6.22. The van der Waals surface area contributed by atoms with E-state index in [1.807, 2.05) is 38.1 Å². The fourth-order valence-corrected chi connectivity index (χ4v) is 3.49. The van der Waals surface area contributed by atoms with Crippen molar-refractivity contribution in [3.05, 3.63) is 29.8 Å². The minimum atomic E-state index is -0.174. The minimum absolute atomic E-state index is 0.0187. The van der Waals surface area contributed by atoms with Gasteiger partial charge in [0.15, 0.2) is 0 Å². The molecule has 1 fully saturated rings. The van der Waals surface area contributed by atoms with Gasteiger partial charge >= 0.3 is 0 Å². The molecule has 1 saturated heterocycles. The van der Waals surface area contributed by atoms with Crippen molar-refractivity contribution < 1.29 is 14.3 Å². The first-order valence-corrected chi connectivity index (χ1v) is 7.91. The van der Waals surface area contributed by atoms with Crippen molar-refractivity contribution >= 4 is 23.6 Å². The molecular formula is C15H20N2O3S. The lowest BCUT2D eigenvalue weighted by molar-refractivity contribution is -0.134. The summed E-state index contributed by atoms with van der Waals surface area (Å²) in [5.41, 5.74) is 0.924. The Balaban J connectivity index is 2.18. The highest BCUT2D eigenvalue weighted by Gasteiger charge is 2.35. The van der Waals surface area contributed by atoms with Gasteiger partial charge in [-0.1, -0.05) is 18.2 Å². The van der Waals surface area contributed by atoms with Crippen molar-refractivity contribution in [1.29, 1.82) is 0 Å². The fraction of sp³-hybridized carbons (Fsp3) is 0.467. The molecule has 21 heavy (non-hydrogen) atoms. The van der Waals surface area contributed by atoms with E-state index < -0.39 is 0 Å². The van der Waals surface area contributed by atoms with E-state index in [1.54, 1.807) is 12.0 Å². The predicted molar refractivity (Wildman–Crippen MR) is 83.2 cm³/mol. The van der Waals surface area contributed by atoms with Crippen molar-refractivity contribution in [3.63, 3.8) is 0 Å². The van der Waals surface area contributed by atoms with Gasteiger partial charge in [-0.05, 0) is 19.9 Å². The molecule has 1 aromatic carbocycles. The molecule has 1 aliphatic rings. The monoisotopic (exact) mass is 308 g/mol. The summed E-state index contributed by atoms with van der Waals surface area (Å²) in [5.74, 6) is 0.965. The third-order valence-corrected chi connectivity index (χ3v) is 4.37. The lowest BCUT2D eigenvalue weighted by atomic mass is 10.2. The summed E-state index contributed by atoms with van der Waals surface area (Å²) in [7, 11) is 1.61. The van der Waals surface area contributed by atoms with Crippen LogP contribution in [-0.4, -0.2) is 42.2 Å². The maximum absolute atomic E-state index is 12.1. The van der Waals surface area contributed by atoms with E-state index in [2.05, 4.69) is 5.32 Å². The Morgan fingerprint density at radius 3 is 2.86 bits per heavy atom. The Labute approximate surface area is 129 Å². The number of methoxy groups -OCH3 is 1. The van der Waals surface area contributed by atoms with Crippen LogP contribution in [0.3, 0.4) is 0 Å². The van der Waals surface area contributed by atoms with Crippen LogP contribution in [0.4, 0.5) is 0 Å². The summed E-state index contributed by atoms with van der Waals surface area (Å²) in [6.45, 7) is 3.87.